The second-order valence-electron chi connectivity index (χ2n) is 5.03. The van der Waals surface area contributed by atoms with E-state index in [9.17, 15) is 0 Å². The lowest BCUT2D eigenvalue weighted by atomic mass is 10.3. The fourth-order valence-corrected chi connectivity index (χ4v) is 2.42. The van der Waals surface area contributed by atoms with Crippen LogP contribution in [0.1, 0.15) is 32.6 Å². The van der Waals surface area contributed by atoms with Crippen LogP contribution in [0, 0.1) is 0 Å². The molecule has 0 spiro atoms. The molecule has 0 bridgehead atoms. The summed E-state index contributed by atoms with van der Waals surface area (Å²) in [6, 6.07) is 8.80. The molecule has 2 nitrogen and oxygen atoms in total. The van der Waals surface area contributed by atoms with Gasteiger partial charge in [0, 0.05) is 19.1 Å². The van der Waals surface area contributed by atoms with Gasteiger partial charge in [0.25, 0.3) is 0 Å². The van der Waals surface area contributed by atoms with Crippen LogP contribution in [0.3, 0.4) is 0 Å². The molecule has 1 N–H and O–H groups in total. The average Bonchev–Trinajstić information content (AvgIpc) is 3.20. The van der Waals surface area contributed by atoms with Crippen LogP contribution >= 0.6 is 11.6 Å². The molecule has 1 aromatic carbocycles. The monoisotopic (exact) mass is 266 g/mol. The lowest BCUT2D eigenvalue weighted by Crippen LogP contribution is -2.32. The molecular weight excluding hydrogens is 244 g/mol. The largest absolute Gasteiger partial charge is 0.383 e. The molecular formula is C15H23ClN2. The third-order valence-electron chi connectivity index (χ3n) is 3.45. The predicted octanol–water partition coefficient (Wildman–Crippen LogP) is 4.02. The smallest absolute Gasteiger partial charge is 0.0637 e. The van der Waals surface area contributed by atoms with Gasteiger partial charge < -0.3 is 5.32 Å². The fourth-order valence-electron chi connectivity index (χ4n) is 2.22. The van der Waals surface area contributed by atoms with Gasteiger partial charge in [-0.05, 0) is 37.9 Å². The van der Waals surface area contributed by atoms with E-state index >= 15 is 0 Å². The minimum atomic E-state index is 0.809. The molecule has 0 aromatic heterocycles. The minimum absolute atomic E-state index is 0.809. The van der Waals surface area contributed by atoms with Crippen LogP contribution in [0.15, 0.2) is 24.3 Å². The van der Waals surface area contributed by atoms with Gasteiger partial charge in [0.05, 0.1) is 10.7 Å². The first-order valence-electron chi connectivity index (χ1n) is 7.03. The van der Waals surface area contributed by atoms with E-state index in [2.05, 4.69) is 17.1 Å². The summed E-state index contributed by atoms with van der Waals surface area (Å²) in [7, 11) is 0. The highest BCUT2D eigenvalue weighted by Gasteiger charge is 2.27. The van der Waals surface area contributed by atoms with E-state index in [4.69, 9.17) is 11.6 Å². The van der Waals surface area contributed by atoms with E-state index in [0.29, 0.717) is 0 Å². The number of nitrogens with one attached hydrogen (secondary N) is 1. The molecule has 1 fully saturated rings. The van der Waals surface area contributed by atoms with Crippen molar-refractivity contribution in [3.8, 4) is 0 Å². The van der Waals surface area contributed by atoms with Gasteiger partial charge in [-0.3, -0.25) is 4.90 Å². The predicted molar refractivity (Wildman–Crippen MR) is 79.4 cm³/mol. The topological polar surface area (TPSA) is 15.3 Å². The number of para-hydroxylation sites is 1. The summed E-state index contributed by atoms with van der Waals surface area (Å²) in [6.07, 6.45) is 5.36. The summed E-state index contributed by atoms with van der Waals surface area (Å²) >= 11 is 6.12. The summed E-state index contributed by atoms with van der Waals surface area (Å²) in [5, 5.41) is 4.24. The quantitative estimate of drug-likeness (QED) is 0.765. The first-order chi connectivity index (χ1) is 8.81. The molecule has 3 heteroatoms. The van der Waals surface area contributed by atoms with Gasteiger partial charge in [0.1, 0.15) is 0 Å². The van der Waals surface area contributed by atoms with Crippen molar-refractivity contribution >= 4 is 17.3 Å². The van der Waals surface area contributed by atoms with Gasteiger partial charge in [0.15, 0.2) is 0 Å². The van der Waals surface area contributed by atoms with Crippen LogP contribution in [0.25, 0.3) is 0 Å². The highest BCUT2D eigenvalue weighted by atomic mass is 35.5. The molecule has 2 rings (SSSR count). The Bertz CT molecular complexity index is 363. The maximum Gasteiger partial charge on any atom is 0.0637 e. The number of anilines is 1. The van der Waals surface area contributed by atoms with Gasteiger partial charge in [-0.1, -0.05) is 37.1 Å². The number of unbranched alkanes of at least 4 members (excludes halogenated alkanes) is 1. The van der Waals surface area contributed by atoms with E-state index in [-0.39, 0.29) is 0 Å². The highest BCUT2D eigenvalue weighted by Crippen LogP contribution is 2.27. The lowest BCUT2D eigenvalue weighted by molar-refractivity contribution is 0.269. The van der Waals surface area contributed by atoms with Crippen LogP contribution in [-0.2, 0) is 0 Å². The third kappa shape index (κ3) is 4.18. The van der Waals surface area contributed by atoms with Crippen molar-refractivity contribution in [1.29, 1.82) is 0 Å². The van der Waals surface area contributed by atoms with Crippen molar-refractivity contribution in [2.75, 3.05) is 25.0 Å². The lowest BCUT2D eigenvalue weighted by Gasteiger charge is -2.22. The fraction of sp³-hybridized carbons (Fsp3) is 0.600. The van der Waals surface area contributed by atoms with Crippen molar-refractivity contribution in [2.45, 2.75) is 38.6 Å². The van der Waals surface area contributed by atoms with Gasteiger partial charge in [-0.25, -0.2) is 0 Å². The second kappa shape index (κ2) is 7.01. The molecule has 1 saturated carbocycles. The van der Waals surface area contributed by atoms with Crippen molar-refractivity contribution in [3.63, 3.8) is 0 Å². The Morgan fingerprint density at radius 1 is 1.28 bits per heavy atom. The molecule has 0 aliphatic heterocycles. The summed E-state index contributed by atoms with van der Waals surface area (Å²) < 4.78 is 0. The molecule has 0 amide bonds. The molecule has 0 saturated heterocycles. The first kappa shape index (κ1) is 13.7. The Morgan fingerprint density at radius 3 is 2.72 bits per heavy atom. The average molecular weight is 267 g/mol. The zero-order chi connectivity index (χ0) is 12.8. The van der Waals surface area contributed by atoms with E-state index in [1.165, 1.54) is 32.2 Å². The zero-order valence-electron chi connectivity index (χ0n) is 11.2. The molecule has 0 heterocycles. The maximum absolute atomic E-state index is 6.12. The summed E-state index contributed by atoms with van der Waals surface area (Å²) in [6.45, 7) is 5.60. The number of hydrogen-bond donors (Lipinski definition) is 1. The zero-order valence-corrected chi connectivity index (χ0v) is 11.9. The van der Waals surface area contributed by atoms with Crippen molar-refractivity contribution in [1.82, 2.24) is 4.90 Å². The molecule has 1 aliphatic rings. The Hall–Kier alpha value is -0.730. The van der Waals surface area contributed by atoms with E-state index in [1.54, 1.807) is 0 Å². The van der Waals surface area contributed by atoms with E-state index < -0.39 is 0 Å². The van der Waals surface area contributed by atoms with Crippen LogP contribution in [0.2, 0.25) is 5.02 Å². The number of rotatable bonds is 8. The standard InChI is InChI=1S/C15H23ClN2/c1-2-3-11-18(13-8-9-13)12-10-17-15-7-5-4-6-14(15)16/h4-7,13,17H,2-3,8-12H2,1H3. The van der Waals surface area contributed by atoms with Crippen molar-refractivity contribution in [3.05, 3.63) is 29.3 Å². The highest BCUT2D eigenvalue weighted by molar-refractivity contribution is 6.33. The molecule has 100 valence electrons. The Kier molecular flexibility index (Phi) is 5.33. The van der Waals surface area contributed by atoms with Gasteiger partial charge in [-0.2, -0.15) is 0 Å². The third-order valence-corrected chi connectivity index (χ3v) is 3.78. The number of nitrogens with zero attached hydrogens (tertiary/aromatic N) is 1. The van der Waals surface area contributed by atoms with Crippen molar-refractivity contribution in [2.24, 2.45) is 0 Å². The summed E-state index contributed by atoms with van der Waals surface area (Å²) in [4.78, 5) is 2.62. The van der Waals surface area contributed by atoms with Gasteiger partial charge in [-0.15, -0.1) is 0 Å². The second-order valence-corrected chi connectivity index (χ2v) is 5.43. The molecule has 0 atom stereocenters. The molecule has 1 aliphatic carbocycles. The van der Waals surface area contributed by atoms with Crippen LogP contribution in [0.4, 0.5) is 5.69 Å². The Morgan fingerprint density at radius 2 is 2.06 bits per heavy atom. The summed E-state index contributed by atoms with van der Waals surface area (Å²) in [5.41, 5.74) is 1.05. The SMILES string of the molecule is CCCCN(CCNc1ccccc1Cl)C1CC1. The number of halogens is 1. The Balaban J connectivity index is 1.74. The van der Waals surface area contributed by atoms with Crippen LogP contribution < -0.4 is 5.32 Å². The van der Waals surface area contributed by atoms with Crippen LogP contribution in [-0.4, -0.2) is 30.6 Å². The first-order valence-corrected chi connectivity index (χ1v) is 7.41. The molecule has 0 radical (unpaired) electrons. The van der Waals surface area contributed by atoms with E-state index in [1.807, 2.05) is 24.3 Å². The van der Waals surface area contributed by atoms with Gasteiger partial charge in [0.2, 0.25) is 0 Å². The molecule has 1 aromatic rings. The van der Waals surface area contributed by atoms with Gasteiger partial charge >= 0.3 is 0 Å². The number of hydrogen-bond acceptors (Lipinski definition) is 2. The Labute approximate surface area is 115 Å². The van der Waals surface area contributed by atoms with Crippen molar-refractivity contribution < 1.29 is 0 Å². The normalized spacial score (nSPS) is 15.1. The molecule has 18 heavy (non-hydrogen) atoms. The van der Waals surface area contributed by atoms with E-state index in [0.717, 1.165) is 29.8 Å². The summed E-state index contributed by atoms with van der Waals surface area (Å²) in [5.74, 6) is 0. The minimum Gasteiger partial charge on any atom is -0.383 e. The van der Waals surface area contributed by atoms with Crippen LogP contribution in [0.5, 0.6) is 0 Å². The molecule has 0 unspecified atom stereocenters. The number of benzene rings is 1. The maximum atomic E-state index is 6.12.